The van der Waals surface area contributed by atoms with Gasteiger partial charge in [-0.1, -0.05) is 12.1 Å². The van der Waals surface area contributed by atoms with Gasteiger partial charge in [-0.15, -0.1) is 0 Å². The Bertz CT molecular complexity index is 596. The van der Waals surface area contributed by atoms with Crippen LogP contribution in [-0.2, 0) is 16.1 Å². The van der Waals surface area contributed by atoms with Gasteiger partial charge in [-0.25, -0.2) is 4.39 Å². The summed E-state index contributed by atoms with van der Waals surface area (Å²) >= 11 is 0. The van der Waals surface area contributed by atoms with Gasteiger partial charge >= 0.3 is 0 Å². The molecule has 1 aliphatic carbocycles. The maximum absolute atomic E-state index is 13.1. The maximum atomic E-state index is 13.1. The van der Waals surface area contributed by atoms with Crippen LogP contribution in [0.15, 0.2) is 24.3 Å². The number of benzene rings is 1. The highest BCUT2D eigenvalue weighted by Crippen LogP contribution is 2.28. The molecule has 2 fully saturated rings. The summed E-state index contributed by atoms with van der Waals surface area (Å²) in [6, 6.07) is 7.02. The lowest BCUT2D eigenvalue weighted by Gasteiger charge is -2.41. The second-order valence-corrected chi connectivity index (χ2v) is 7.95. The number of nitrogens with zero attached hydrogens (tertiary/aromatic N) is 2. The Kier molecular flexibility index (Phi) is 6.27. The van der Waals surface area contributed by atoms with Gasteiger partial charge in [0.25, 0.3) is 0 Å². The Hall–Kier alpha value is -1.50. The van der Waals surface area contributed by atoms with E-state index in [4.69, 9.17) is 4.74 Å². The molecule has 1 aromatic carbocycles. The minimum absolute atomic E-state index is 0.0559. The lowest BCUT2D eigenvalue weighted by Crippen LogP contribution is -2.56. The Balaban J connectivity index is 1.49. The van der Waals surface area contributed by atoms with Gasteiger partial charge in [0.1, 0.15) is 5.82 Å². The molecule has 1 amide bonds. The molecule has 0 aromatic heterocycles. The number of hydrogen-bond acceptors (Lipinski definition) is 4. The van der Waals surface area contributed by atoms with Crippen molar-refractivity contribution in [3.63, 3.8) is 0 Å². The van der Waals surface area contributed by atoms with Gasteiger partial charge in [0.15, 0.2) is 0 Å². The van der Waals surface area contributed by atoms with E-state index in [2.05, 4.69) is 29.0 Å². The lowest BCUT2D eigenvalue weighted by molar-refractivity contribution is -0.123. The van der Waals surface area contributed by atoms with Crippen LogP contribution >= 0.6 is 0 Å². The van der Waals surface area contributed by atoms with Crippen molar-refractivity contribution in [2.24, 2.45) is 0 Å². The quantitative estimate of drug-likeness (QED) is 0.768. The first-order valence-corrected chi connectivity index (χ1v) is 9.52. The second-order valence-electron chi connectivity index (χ2n) is 7.95. The summed E-state index contributed by atoms with van der Waals surface area (Å²) in [5.41, 5.74) is 0.959. The van der Waals surface area contributed by atoms with E-state index in [0.717, 1.165) is 44.7 Å². The standard InChI is InChI=1S/C20H30FN3O2/c1-20(2,24-9-11-26-12-10-24)15-22-19(25)14-23(18-7-8-18)13-16-3-5-17(21)6-4-16/h3-6,18H,7-15H2,1-2H3,(H,22,25). The first-order chi connectivity index (χ1) is 12.4. The molecular formula is C20H30FN3O2. The van der Waals surface area contributed by atoms with Crippen LogP contribution in [0.25, 0.3) is 0 Å². The minimum Gasteiger partial charge on any atom is -0.379 e. The molecule has 3 rings (SSSR count). The molecule has 1 aliphatic heterocycles. The van der Waals surface area contributed by atoms with Crippen molar-refractivity contribution in [3.8, 4) is 0 Å². The largest absolute Gasteiger partial charge is 0.379 e. The summed E-state index contributed by atoms with van der Waals surface area (Å²) in [7, 11) is 0. The fourth-order valence-electron chi connectivity index (χ4n) is 3.41. The molecule has 0 unspecified atom stereocenters. The molecule has 144 valence electrons. The van der Waals surface area contributed by atoms with Crippen molar-refractivity contribution in [2.75, 3.05) is 39.4 Å². The van der Waals surface area contributed by atoms with Crippen molar-refractivity contribution in [2.45, 2.75) is 44.8 Å². The molecule has 1 heterocycles. The number of rotatable bonds is 8. The van der Waals surface area contributed by atoms with E-state index in [0.29, 0.717) is 25.7 Å². The van der Waals surface area contributed by atoms with E-state index in [1.54, 1.807) is 12.1 Å². The maximum Gasteiger partial charge on any atom is 0.234 e. The van der Waals surface area contributed by atoms with Crippen molar-refractivity contribution < 1.29 is 13.9 Å². The average molecular weight is 363 g/mol. The number of morpholine rings is 1. The van der Waals surface area contributed by atoms with E-state index < -0.39 is 0 Å². The highest BCUT2D eigenvalue weighted by molar-refractivity contribution is 5.78. The number of halogens is 1. The highest BCUT2D eigenvalue weighted by atomic mass is 19.1. The van der Waals surface area contributed by atoms with Gasteiger partial charge in [-0.3, -0.25) is 14.6 Å². The van der Waals surface area contributed by atoms with Gasteiger partial charge < -0.3 is 10.1 Å². The molecule has 5 nitrogen and oxygen atoms in total. The van der Waals surface area contributed by atoms with Crippen LogP contribution in [0.5, 0.6) is 0 Å². The second kappa shape index (κ2) is 8.46. The number of amides is 1. The van der Waals surface area contributed by atoms with Crippen molar-refractivity contribution in [1.82, 2.24) is 15.1 Å². The summed E-state index contributed by atoms with van der Waals surface area (Å²) in [5.74, 6) is -0.171. The topological polar surface area (TPSA) is 44.8 Å². The van der Waals surface area contributed by atoms with E-state index in [1.807, 2.05) is 0 Å². The normalized spacial score (nSPS) is 18.9. The minimum atomic E-state index is -0.227. The summed E-state index contributed by atoms with van der Waals surface area (Å²) in [6.45, 7) is 9.34. The number of carbonyl (C=O) groups excluding carboxylic acids is 1. The smallest absolute Gasteiger partial charge is 0.234 e. The van der Waals surface area contributed by atoms with E-state index >= 15 is 0 Å². The fourth-order valence-corrected chi connectivity index (χ4v) is 3.41. The average Bonchev–Trinajstić information content (AvgIpc) is 3.47. The molecule has 0 radical (unpaired) electrons. The molecule has 2 aliphatic rings. The summed E-state index contributed by atoms with van der Waals surface area (Å²) in [6.07, 6.45) is 2.27. The predicted octanol–water partition coefficient (Wildman–Crippen LogP) is 2.02. The van der Waals surface area contributed by atoms with Gasteiger partial charge in [-0.05, 0) is 44.4 Å². The first kappa shape index (κ1) is 19.3. The van der Waals surface area contributed by atoms with Gasteiger partial charge in [0.05, 0.1) is 19.8 Å². The Morgan fingerprint density at radius 2 is 1.92 bits per heavy atom. The number of ether oxygens (including phenoxy) is 1. The molecule has 1 saturated carbocycles. The molecule has 26 heavy (non-hydrogen) atoms. The summed E-state index contributed by atoms with van der Waals surface area (Å²) in [4.78, 5) is 17.1. The van der Waals surface area contributed by atoms with Crippen LogP contribution in [-0.4, -0.2) is 66.7 Å². The van der Waals surface area contributed by atoms with Crippen LogP contribution in [0.2, 0.25) is 0 Å². The SMILES string of the molecule is CC(C)(CNC(=O)CN(Cc1ccc(F)cc1)C1CC1)N1CCOCC1. The predicted molar refractivity (Wildman–Crippen MR) is 99.3 cm³/mol. The molecule has 1 N–H and O–H groups in total. The monoisotopic (exact) mass is 363 g/mol. The number of carbonyl (C=O) groups is 1. The van der Waals surface area contributed by atoms with Gasteiger partial charge in [-0.2, -0.15) is 0 Å². The first-order valence-electron chi connectivity index (χ1n) is 9.52. The van der Waals surface area contributed by atoms with Gasteiger partial charge in [0.2, 0.25) is 5.91 Å². The molecule has 0 spiro atoms. The van der Waals surface area contributed by atoms with E-state index in [1.165, 1.54) is 12.1 Å². The van der Waals surface area contributed by atoms with E-state index in [9.17, 15) is 9.18 Å². The van der Waals surface area contributed by atoms with Crippen molar-refractivity contribution in [1.29, 1.82) is 0 Å². The lowest BCUT2D eigenvalue weighted by atomic mass is 10.0. The Morgan fingerprint density at radius 3 is 2.54 bits per heavy atom. The fraction of sp³-hybridized carbons (Fsp3) is 0.650. The van der Waals surface area contributed by atoms with Crippen LogP contribution in [0.3, 0.4) is 0 Å². The molecule has 6 heteroatoms. The van der Waals surface area contributed by atoms with Crippen LogP contribution in [0.4, 0.5) is 4.39 Å². The van der Waals surface area contributed by atoms with Crippen LogP contribution in [0, 0.1) is 5.82 Å². The van der Waals surface area contributed by atoms with Gasteiger partial charge in [0, 0.05) is 37.8 Å². The van der Waals surface area contributed by atoms with E-state index in [-0.39, 0.29) is 17.3 Å². The molecule has 1 saturated heterocycles. The van der Waals surface area contributed by atoms with Crippen LogP contribution in [0.1, 0.15) is 32.3 Å². The van der Waals surface area contributed by atoms with Crippen molar-refractivity contribution >= 4 is 5.91 Å². The summed E-state index contributed by atoms with van der Waals surface area (Å²) < 4.78 is 18.5. The number of hydrogen-bond donors (Lipinski definition) is 1. The molecule has 1 aromatic rings. The Labute approximate surface area is 155 Å². The van der Waals surface area contributed by atoms with Crippen LogP contribution < -0.4 is 5.32 Å². The third kappa shape index (κ3) is 5.50. The molecular weight excluding hydrogens is 333 g/mol. The zero-order valence-electron chi connectivity index (χ0n) is 15.8. The third-order valence-corrected chi connectivity index (χ3v) is 5.29. The zero-order valence-corrected chi connectivity index (χ0v) is 15.8. The molecule has 0 atom stereocenters. The third-order valence-electron chi connectivity index (χ3n) is 5.29. The number of nitrogens with one attached hydrogen (secondary N) is 1. The highest BCUT2D eigenvalue weighted by Gasteiger charge is 2.32. The zero-order chi connectivity index (χ0) is 18.6. The molecule has 0 bridgehead atoms. The van der Waals surface area contributed by atoms with Crippen molar-refractivity contribution in [3.05, 3.63) is 35.6 Å². The summed E-state index contributed by atoms with van der Waals surface area (Å²) in [5, 5.41) is 3.11. The Morgan fingerprint density at radius 1 is 1.27 bits per heavy atom.